The molecule has 1 aliphatic rings. The van der Waals surface area contributed by atoms with E-state index in [2.05, 4.69) is 16.0 Å². The third-order valence-electron chi connectivity index (χ3n) is 3.68. The van der Waals surface area contributed by atoms with Crippen LogP contribution in [0.2, 0.25) is 0 Å². The maximum absolute atomic E-state index is 11.8. The third-order valence-corrected chi connectivity index (χ3v) is 3.68. The summed E-state index contributed by atoms with van der Waals surface area (Å²) in [6.07, 6.45) is 4.82. The summed E-state index contributed by atoms with van der Waals surface area (Å²) in [5, 5.41) is 8.32. The second kappa shape index (κ2) is 8.26. The Labute approximate surface area is 130 Å². The monoisotopic (exact) mass is 305 g/mol. The highest BCUT2D eigenvalue weighted by Gasteiger charge is 2.16. The molecule has 0 heterocycles. The number of carbonyl (C=O) groups excluding carboxylic acids is 2. The SMILES string of the molecule is CNC(=O)CCOc1ccc(NC(=O)NC2CCCC2)cc1. The summed E-state index contributed by atoms with van der Waals surface area (Å²) in [4.78, 5) is 22.9. The van der Waals surface area contributed by atoms with E-state index in [-0.39, 0.29) is 11.9 Å². The summed E-state index contributed by atoms with van der Waals surface area (Å²) in [5.41, 5.74) is 0.717. The van der Waals surface area contributed by atoms with Crippen molar-refractivity contribution in [1.29, 1.82) is 0 Å². The Kier molecular flexibility index (Phi) is 6.06. The molecule has 1 aromatic rings. The first-order valence-corrected chi connectivity index (χ1v) is 7.68. The number of benzene rings is 1. The maximum Gasteiger partial charge on any atom is 0.319 e. The van der Waals surface area contributed by atoms with Crippen molar-refractivity contribution < 1.29 is 14.3 Å². The molecule has 120 valence electrons. The van der Waals surface area contributed by atoms with Crippen molar-refractivity contribution in [2.45, 2.75) is 38.1 Å². The highest BCUT2D eigenvalue weighted by atomic mass is 16.5. The molecule has 0 atom stereocenters. The van der Waals surface area contributed by atoms with E-state index in [1.54, 1.807) is 31.3 Å². The number of urea groups is 1. The van der Waals surface area contributed by atoms with E-state index >= 15 is 0 Å². The van der Waals surface area contributed by atoms with Gasteiger partial charge in [0.05, 0.1) is 13.0 Å². The van der Waals surface area contributed by atoms with Gasteiger partial charge in [-0.2, -0.15) is 0 Å². The van der Waals surface area contributed by atoms with E-state index in [9.17, 15) is 9.59 Å². The fraction of sp³-hybridized carbons (Fsp3) is 0.500. The highest BCUT2D eigenvalue weighted by Crippen LogP contribution is 2.18. The smallest absolute Gasteiger partial charge is 0.319 e. The number of ether oxygens (including phenoxy) is 1. The van der Waals surface area contributed by atoms with Crippen LogP contribution >= 0.6 is 0 Å². The molecule has 0 saturated heterocycles. The quantitative estimate of drug-likeness (QED) is 0.754. The normalized spacial score (nSPS) is 14.4. The molecule has 6 heteroatoms. The number of amides is 3. The van der Waals surface area contributed by atoms with Crippen LogP contribution in [0.25, 0.3) is 0 Å². The zero-order valence-corrected chi connectivity index (χ0v) is 12.9. The zero-order valence-electron chi connectivity index (χ0n) is 12.9. The van der Waals surface area contributed by atoms with E-state index in [1.807, 2.05) is 0 Å². The summed E-state index contributed by atoms with van der Waals surface area (Å²) in [7, 11) is 1.60. The number of anilines is 1. The van der Waals surface area contributed by atoms with Crippen LogP contribution in [0.3, 0.4) is 0 Å². The lowest BCUT2D eigenvalue weighted by atomic mass is 10.2. The fourth-order valence-corrected chi connectivity index (χ4v) is 2.44. The second-order valence-electron chi connectivity index (χ2n) is 5.38. The average Bonchev–Trinajstić information content (AvgIpc) is 3.01. The molecule has 0 aromatic heterocycles. The van der Waals surface area contributed by atoms with Gasteiger partial charge in [0.2, 0.25) is 5.91 Å². The van der Waals surface area contributed by atoms with Gasteiger partial charge in [0, 0.05) is 18.8 Å². The molecule has 0 radical (unpaired) electrons. The molecular formula is C16H23N3O3. The van der Waals surface area contributed by atoms with Crippen LogP contribution in [0.15, 0.2) is 24.3 Å². The number of carbonyl (C=O) groups is 2. The maximum atomic E-state index is 11.8. The molecular weight excluding hydrogens is 282 g/mol. The summed E-state index contributed by atoms with van der Waals surface area (Å²) >= 11 is 0. The van der Waals surface area contributed by atoms with Crippen LogP contribution in [0, 0.1) is 0 Å². The molecule has 0 unspecified atom stereocenters. The Morgan fingerprint density at radius 2 is 1.86 bits per heavy atom. The molecule has 1 saturated carbocycles. The van der Waals surface area contributed by atoms with Gasteiger partial charge < -0.3 is 20.7 Å². The summed E-state index contributed by atoms with van der Waals surface area (Å²) in [6, 6.07) is 7.24. The van der Waals surface area contributed by atoms with Crippen molar-refractivity contribution in [1.82, 2.24) is 10.6 Å². The van der Waals surface area contributed by atoms with E-state index in [0.29, 0.717) is 30.5 Å². The molecule has 1 fully saturated rings. The first-order valence-electron chi connectivity index (χ1n) is 7.68. The van der Waals surface area contributed by atoms with Gasteiger partial charge in [-0.1, -0.05) is 12.8 Å². The molecule has 3 amide bonds. The van der Waals surface area contributed by atoms with Crippen LogP contribution in [-0.4, -0.2) is 31.6 Å². The van der Waals surface area contributed by atoms with Gasteiger partial charge in [-0.15, -0.1) is 0 Å². The minimum Gasteiger partial charge on any atom is -0.493 e. The highest BCUT2D eigenvalue weighted by molar-refractivity contribution is 5.89. The number of rotatable bonds is 6. The first-order chi connectivity index (χ1) is 10.7. The van der Waals surface area contributed by atoms with Crippen molar-refractivity contribution >= 4 is 17.6 Å². The van der Waals surface area contributed by atoms with Gasteiger partial charge >= 0.3 is 6.03 Å². The zero-order chi connectivity index (χ0) is 15.8. The van der Waals surface area contributed by atoms with Crippen molar-refractivity contribution in [3.63, 3.8) is 0 Å². The van der Waals surface area contributed by atoms with Crippen LogP contribution in [0.4, 0.5) is 10.5 Å². The first kappa shape index (κ1) is 16.1. The van der Waals surface area contributed by atoms with E-state index in [4.69, 9.17) is 4.74 Å². The molecule has 0 spiro atoms. The Morgan fingerprint density at radius 1 is 1.18 bits per heavy atom. The van der Waals surface area contributed by atoms with Crippen LogP contribution in [0.5, 0.6) is 5.75 Å². The lowest BCUT2D eigenvalue weighted by Gasteiger charge is -2.13. The van der Waals surface area contributed by atoms with Gasteiger partial charge in [-0.25, -0.2) is 4.79 Å². The van der Waals surface area contributed by atoms with Crippen molar-refractivity contribution in [3.05, 3.63) is 24.3 Å². The number of hydrogen-bond donors (Lipinski definition) is 3. The Balaban J connectivity index is 1.73. The molecule has 0 bridgehead atoms. The fourth-order valence-electron chi connectivity index (χ4n) is 2.44. The minimum atomic E-state index is -0.166. The van der Waals surface area contributed by atoms with Gasteiger partial charge in [-0.05, 0) is 37.1 Å². The van der Waals surface area contributed by atoms with Crippen LogP contribution in [0.1, 0.15) is 32.1 Å². The topological polar surface area (TPSA) is 79.5 Å². The number of nitrogens with one attached hydrogen (secondary N) is 3. The summed E-state index contributed by atoms with van der Waals surface area (Å²) in [6.45, 7) is 0.328. The van der Waals surface area contributed by atoms with Crippen LogP contribution in [-0.2, 0) is 4.79 Å². The lowest BCUT2D eigenvalue weighted by Crippen LogP contribution is -2.36. The molecule has 3 N–H and O–H groups in total. The largest absolute Gasteiger partial charge is 0.493 e. The number of hydrogen-bond acceptors (Lipinski definition) is 3. The molecule has 2 rings (SSSR count). The van der Waals surface area contributed by atoms with E-state index in [1.165, 1.54) is 12.8 Å². The van der Waals surface area contributed by atoms with Crippen LogP contribution < -0.4 is 20.7 Å². The van der Waals surface area contributed by atoms with Gasteiger partial charge in [0.1, 0.15) is 5.75 Å². The Morgan fingerprint density at radius 3 is 2.50 bits per heavy atom. The van der Waals surface area contributed by atoms with Crippen molar-refractivity contribution in [2.24, 2.45) is 0 Å². The predicted octanol–water partition coefficient (Wildman–Crippen LogP) is 2.27. The molecule has 0 aliphatic heterocycles. The molecule has 22 heavy (non-hydrogen) atoms. The van der Waals surface area contributed by atoms with E-state index < -0.39 is 0 Å². The Hall–Kier alpha value is -2.24. The Bertz CT molecular complexity index is 496. The van der Waals surface area contributed by atoms with Crippen molar-refractivity contribution in [3.8, 4) is 5.75 Å². The molecule has 6 nitrogen and oxygen atoms in total. The van der Waals surface area contributed by atoms with Gasteiger partial charge in [0.15, 0.2) is 0 Å². The summed E-state index contributed by atoms with van der Waals surface area (Å²) in [5.74, 6) is 0.618. The standard InChI is InChI=1S/C16H23N3O3/c1-17-15(20)10-11-22-14-8-6-13(7-9-14)19-16(21)18-12-4-2-3-5-12/h6-9,12H,2-5,10-11H2,1H3,(H,17,20)(H2,18,19,21). The second-order valence-corrected chi connectivity index (χ2v) is 5.38. The third kappa shape index (κ3) is 5.27. The molecule has 1 aliphatic carbocycles. The predicted molar refractivity (Wildman–Crippen MR) is 85.0 cm³/mol. The minimum absolute atomic E-state index is 0.0538. The average molecular weight is 305 g/mol. The summed E-state index contributed by atoms with van der Waals surface area (Å²) < 4.78 is 5.46. The molecule has 1 aromatic carbocycles. The van der Waals surface area contributed by atoms with Gasteiger partial charge in [0.25, 0.3) is 0 Å². The van der Waals surface area contributed by atoms with Crippen molar-refractivity contribution in [2.75, 3.05) is 19.0 Å². The van der Waals surface area contributed by atoms with E-state index in [0.717, 1.165) is 12.8 Å². The lowest BCUT2D eigenvalue weighted by molar-refractivity contribution is -0.121. The van der Waals surface area contributed by atoms with Gasteiger partial charge in [-0.3, -0.25) is 4.79 Å².